The molecule has 2 nitrogen and oxygen atoms in total. The van der Waals surface area contributed by atoms with Gasteiger partial charge in [-0.3, -0.25) is 0 Å². The first-order valence-electron chi connectivity index (χ1n) is 4.26. The first kappa shape index (κ1) is 10.6. The van der Waals surface area contributed by atoms with Crippen LogP contribution in [-0.2, 0) is 5.54 Å². The summed E-state index contributed by atoms with van der Waals surface area (Å²) in [6.45, 7) is 1.99. The van der Waals surface area contributed by atoms with Crippen molar-refractivity contribution in [1.82, 2.24) is 0 Å². The molecule has 1 unspecified atom stereocenters. The highest BCUT2D eigenvalue weighted by Crippen LogP contribution is 2.26. The van der Waals surface area contributed by atoms with Gasteiger partial charge in [-0.15, -0.1) is 12.6 Å². The topological polar surface area (TPSA) is 46.2 Å². The maximum atomic E-state index is 8.85. The highest BCUT2D eigenvalue weighted by Gasteiger charge is 2.21. The molecule has 0 aliphatic rings. The Balaban J connectivity index is 2.99. The van der Waals surface area contributed by atoms with Crippen LogP contribution in [0.3, 0.4) is 0 Å². The zero-order valence-corrected chi connectivity index (χ0v) is 8.59. The zero-order chi connectivity index (χ0) is 9.90. The summed E-state index contributed by atoms with van der Waals surface area (Å²) in [6, 6.07) is 7.69. The molecule has 0 aliphatic carbocycles. The van der Waals surface area contributed by atoms with Gasteiger partial charge in [-0.2, -0.15) is 0 Å². The van der Waals surface area contributed by atoms with E-state index in [1.807, 2.05) is 31.2 Å². The first-order chi connectivity index (χ1) is 6.08. The standard InChI is InChI=1S/C10H15NOS/c1-10(11,6-7-12)8-4-2-3-5-9(8)13/h2-5,12-13H,6-7,11H2,1H3. The van der Waals surface area contributed by atoms with Gasteiger partial charge in [0.05, 0.1) is 0 Å². The number of hydrogen-bond acceptors (Lipinski definition) is 3. The minimum Gasteiger partial charge on any atom is -0.396 e. The van der Waals surface area contributed by atoms with Crippen molar-refractivity contribution in [2.45, 2.75) is 23.8 Å². The van der Waals surface area contributed by atoms with Crippen LogP contribution in [0.1, 0.15) is 18.9 Å². The summed E-state index contributed by atoms with van der Waals surface area (Å²) >= 11 is 4.32. The van der Waals surface area contributed by atoms with Crippen LogP contribution in [0, 0.1) is 0 Å². The summed E-state index contributed by atoms with van der Waals surface area (Å²) in [5.41, 5.74) is 6.53. The van der Waals surface area contributed by atoms with Gasteiger partial charge < -0.3 is 10.8 Å². The molecule has 1 aromatic rings. The fourth-order valence-corrected chi connectivity index (χ4v) is 1.74. The van der Waals surface area contributed by atoms with Gasteiger partial charge in [0.25, 0.3) is 0 Å². The van der Waals surface area contributed by atoms with E-state index in [0.717, 1.165) is 10.5 Å². The van der Waals surface area contributed by atoms with Gasteiger partial charge in [-0.1, -0.05) is 18.2 Å². The molecule has 72 valence electrons. The van der Waals surface area contributed by atoms with Crippen molar-refractivity contribution in [2.24, 2.45) is 5.73 Å². The van der Waals surface area contributed by atoms with Crippen LogP contribution in [0.15, 0.2) is 29.2 Å². The van der Waals surface area contributed by atoms with E-state index < -0.39 is 5.54 Å². The maximum Gasteiger partial charge on any atom is 0.0451 e. The van der Waals surface area contributed by atoms with Gasteiger partial charge in [0.1, 0.15) is 0 Å². The fourth-order valence-electron chi connectivity index (χ4n) is 1.32. The second kappa shape index (κ2) is 4.13. The third-order valence-corrected chi connectivity index (χ3v) is 2.54. The number of aliphatic hydroxyl groups excluding tert-OH is 1. The predicted octanol–water partition coefficient (Wildman–Crippen LogP) is 1.53. The van der Waals surface area contributed by atoms with E-state index in [-0.39, 0.29) is 6.61 Å². The number of hydrogen-bond donors (Lipinski definition) is 3. The van der Waals surface area contributed by atoms with E-state index in [0.29, 0.717) is 6.42 Å². The van der Waals surface area contributed by atoms with Crippen molar-refractivity contribution in [3.05, 3.63) is 29.8 Å². The summed E-state index contributed by atoms with van der Waals surface area (Å²) in [7, 11) is 0. The lowest BCUT2D eigenvalue weighted by atomic mass is 9.90. The third kappa shape index (κ3) is 2.46. The van der Waals surface area contributed by atoms with Gasteiger partial charge in [0, 0.05) is 17.0 Å². The Morgan fingerprint density at radius 2 is 2.08 bits per heavy atom. The smallest absolute Gasteiger partial charge is 0.0451 e. The van der Waals surface area contributed by atoms with Crippen molar-refractivity contribution >= 4 is 12.6 Å². The second-order valence-corrected chi connectivity index (χ2v) is 3.89. The molecule has 3 N–H and O–H groups in total. The van der Waals surface area contributed by atoms with Gasteiger partial charge in [-0.05, 0) is 25.0 Å². The maximum absolute atomic E-state index is 8.85. The zero-order valence-electron chi connectivity index (χ0n) is 7.70. The predicted molar refractivity (Wildman–Crippen MR) is 56.9 cm³/mol. The van der Waals surface area contributed by atoms with E-state index in [1.165, 1.54) is 0 Å². The molecule has 0 aromatic heterocycles. The SMILES string of the molecule is CC(N)(CCO)c1ccccc1S. The van der Waals surface area contributed by atoms with Crippen molar-refractivity contribution in [3.8, 4) is 0 Å². The largest absolute Gasteiger partial charge is 0.396 e. The van der Waals surface area contributed by atoms with Gasteiger partial charge >= 0.3 is 0 Å². The highest BCUT2D eigenvalue weighted by atomic mass is 32.1. The Hall–Kier alpha value is -0.510. The number of rotatable bonds is 3. The van der Waals surface area contributed by atoms with Crippen LogP contribution in [0.25, 0.3) is 0 Å². The molecule has 0 heterocycles. The van der Waals surface area contributed by atoms with E-state index in [4.69, 9.17) is 10.8 Å². The summed E-state index contributed by atoms with van der Waals surface area (Å²) in [4.78, 5) is 0.876. The van der Waals surface area contributed by atoms with Crippen molar-refractivity contribution in [1.29, 1.82) is 0 Å². The quantitative estimate of drug-likeness (QED) is 0.644. The average Bonchev–Trinajstić information content (AvgIpc) is 2.04. The lowest BCUT2D eigenvalue weighted by Crippen LogP contribution is -2.34. The van der Waals surface area contributed by atoms with Crippen LogP contribution in [0.2, 0.25) is 0 Å². The summed E-state index contributed by atoms with van der Waals surface area (Å²) in [6.07, 6.45) is 0.546. The fraction of sp³-hybridized carbons (Fsp3) is 0.400. The van der Waals surface area contributed by atoms with Crippen molar-refractivity contribution < 1.29 is 5.11 Å². The summed E-state index contributed by atoms with van der Waals surface area (Å²) in [5.74, 6) is 0. The van der Waals surface area contributed by atoms with Crippen LogP contribution in [0.4, 0.5) is 0 Å². The Morgan fingerprint density at radius 1 is 1.46 bits per heavy atom. The number of benzene rings is 1. The van der Waals surface area contributed by atoms with E-state index >= 15 is 0 Å². The normalized spacial score (nSPS) is 15.4. The molecular formula is C10H15NOS. The number of aliphatic hydroxyl groups is 1. The van der Waals surface area contributed by atoms with Crippen LogP contribution < -0.4 is 5.73 Å². The van der Waals surface area contributed by atoms with E-state index in [1.54, 1.807) is 0 Å². The lowest BCUT2D eigenvalue weighted by Gasteiger charge is -2.25. The van der Waals surface area contributed by atoms with E-state index in [2.05, 4.69) is 12.6 Å². The number of nitrogens with two attached hydrogens (primary N) is 1. The van der Waals surface area contributed by atoms with Crippen LogP contribution in [0.5, 0.6) is 0 Å². The van der Waals surface area contributed by atoms with E-state index in [9.17, 15) is 0 Å². The Morgan fingerprint density at radius 3 is 2.62 bits per heavy atom. The molecule has 13 heavy (non-hydrogen) atoms. The number of thiol groups is 1. The Kier molecular flexibility index (Phi) is 3.36. The molecule has 0 fully saturated rings. The molecule has 1 aromatic carbocycles. The molecule has 0 saturated heterocycles. The molecule has 0 bridgehead atoms. The van der Waals surface area contributed by atoms with Gasteiger partial charge in [0.2, 0.25) is 0 Å². The average molecular weight is 197 g/mol. The molecule has 0 aliphatic heterocycles. The molecular weight excluding hydrogens is 182 g/mol. The highest BCUT2D eigenvalue weighted by molar-refractivity contribution is 7.80. The molecule has 3 heteroatoms. The lowest BCUT2D eigenvalue weighted by molar-refractivity contribution is 0.246. The van der Waals surface area contributed by atoms with Crippen LogP contribution in [-0.4, -0.2) is 11.7 Å². The second-order valence-electron chi connectivity index (χ2n) is 3.41. The minimum atomic E-state index is -0.493. The van der Waals surface area contributed by atoms with Crippen molar-refractivity contribution in [3.63, 3.8) is 0 Å². The summed E-state index contributed by atoms with van der Waals surface area (Å²) in [5, 5.41) is 8.85. The third-order valence-electron chi connectivity index (χ3n) is 2.15. The molecule has 0 spiro atoms. The molecule has 1 atom stereocenters. The molecule has 0 radical (unpaired) electrons. The van der Waals surface area contributed by atoms with Gasteiger partial charge in [0.15, 0.2) is 0 Å². The first-order valence-corrected chi connectivity index (χ1v) is 4.71. The Labute approximate surface area is 84.2 Å². The molecule has 0 amide bonds. The summed E-state index contributed by atoms with van der Waals surface area (Å²) < 4.78 is 0. The Bertz CT molecular complexity index is 286. The molecule has 1 rings (SSSR count). The van der Waals surface area contributed by atoms with Crippen LogP contribution >= 0.6 is 12.6 Å². The minimum absolute atomic E-state index is 0.0924. The monoisotopic (exact) mass is 197 g/mol. The molecule has 0 saturated carbocycles. The van der Waals surface area contributed by atoms with Gasteiger partial charge in [-0.25, -0.2) is 0 Å². The van der Waals surface area contributed by atoms with Crippen molar-refractivity contribution in [2.75, 3.05) is 6.61 Å².